The molecule has 1 N–H and O–H groups in total. The molecule has 26 heavy (non-hydrogen) atoms. The summed E-state index contributed by atoms with van der Waals surface area (Å²) in [6.07, 6.45) is 3.57. The van der Waals surface area contributed by atoms with Crippen molar-refractivity contribution >= 4 is 29.9 Å². The molecule has 2 heterocycles. The van der Waals surface area contributed by atoms with Gasteiger partial charge >= 0.3 is 0 Å². The lowest BCUT2D eigenvalue weighted by molar-refractivity contribution is -0.0816. The van der Waals surface area contributed by atoms with E-state index >= 15 is 0 Å². The third-order valence-electron chi connectivity index (χ3n) is 4.84. The number of ether oxygens (including phenoxy) is 3. The van der Waals surface area contributed by atoms with Gasteiger partial charge in [-0.05, 0) is 37.0 Å². The Hall–Kier alpha value is -1.06. The summed E-state index contributed by atoms with van der Waals surface area (Å²) in [6, 6.07) is 8.20. The number of benzene rings is 1. The highest BCUT2D eigenvalue weighted by atomic mass is 127. The van der Waals surface area contributed by atoms with Crippen LogP contribution in [0.2, 0.25) is 0 Å². The first-order valence-electron chi connectivity index (χ1n) is 9.12. The highest BCUT2D eigenvalue weighted by Gasteiger charge is 2.32. The summed E-state index contributed by atoms with van der Waals surface area (Å²) in [6.45, 7) is 4.14. The monoisotopic (exact) mass is 475 g/mol. The molecule has 0 bridgehead atoms. The van der Waals surface area contributed by atoms with Gasteiger partial charge in [0.15, 0.2) is 5.96 Å². The number of methoxy groups -OCH3 is 1. The summed E-state index contributed by atoms with van der Waals surface area (Å²) in [5, 5.41) is 3.48. The number of morpholine rings is 1. The van der Waals surface area contributed by atoms with E-state index in [1.54, 1.807) is 7.11 Å². The first-order valence-corrected chi connectivity index (χ1v) is 9.12. The van der Waals surface area contributed by atoms with E-state index in [-0.39, 0.29) is 36.2 Å². The van der Waals surface area contributed by atoms with Gasteiger partial charge < -0.3 is 24.4 Å². The van der Waals surface area contributed by atoms with Gasteiger partial charge in [-0.2, -0.15) is 0 Å². The zero-order chi connectivity index (χ0) is 17.5. The van der Waals surface area contributed by atoms with Crippen LogP contribution in [0.4, 0.5) is 0 Å². The number of nitrogens with zero attached hydrogens (tertiary/aromatic N) is 2. The van der Waals surface area contributed by atoms with E-state index < -0.39 is 0 Å². The van der Waals surface area contributed by atoms with Crippen molar-refractivity contribution in [3.8, 4) is 5.75 Å². The van der Waals surface area contributed by atoms with Crippen LogP contribution in [-0.4, -0.2) is 70.1 Å². The van der Waals surface area contributed by atoms with Crippen molar-refractivity contribution in [2.45, 2.75) is 31.5 Å². The largest absolute Gasteiger partial charge is 0.497 e. The molecule has 2 fully saturated rings. The van der Waals surface area contributed by atoms with Crippen molar-refractivity contribution in [1.29, 1.82) is 0 Å². The quantitative estimate of drug-likeness (QED) is 0.403. The first-order chi connectivity index (χ1) is 12.3. The molecule has 1 aromatic rings. The topological polar surface area (TPSA) is 55.3 Å². The second-order valence-corrected chi connectivity index (χ2v) is 6.48. The molecule has 0 radical (unpaired) electrons. The fourth-order valence-electron chi connectivity index (χ4n) is 3.43. The molecule has 6 nitrogen and oxygen atoms in total. The van der Waals surface area contributed by atoms with Crippen LogP contribution in [-0.2, 0) is 15.9 Å². The maximum absolute atomic E-state index is 5.92. The van der Waals surface area contributed by atoms with Crippen LogP contribution < -0.4 is 10.1 Å². The molecule has 2 atom stereocenters. The van der Waals surface area contributed by atoms with Crippen molar-refractivity contribution in [3.05, 3.63) is 29.8 Å². The van der Waals surface area contributed by atoms with Gasteiger partial charge in [-0.3, -0.25) is 4.99 Å². The van der Waals surface area contributed by atoms with Crippen molar-refractivity contribution in [1.82, 2.24) is 10.2 Å². The summed E-state index contributed by atoms with van der Waals surface area (Å²) in [5.74, 6) is 1.83. The number of aliphatic imine (C=N–C) groups is 1. The molecule has 0 saturated carbocycles. The van der Waals surface area contributed by atoms with E-state index in [2.05, 4.69) is 27.3 Å². The van der Waals surface area contributed by atoms with Gasteiger partial charge in [-0.25, -0.2) is 0 Å². The Labute approximate surface area is 173 Å². The molecule has 0 amide bonds. The minimum Gasteiger partial charge on any atom is -0.497 e. The maximum Gasteiger partial charge on any atom is 0.193 e. The Balaban J connectivity index is 0.00000243. The van der Waals surface area contributed by atoms with Crippen molar-refractivity contribution < 1.29 is 14.2 Å². The molecule has 7 heteroatoms. The van der Waals surface area contributed by atoms with Crippen LogP contribution in [0.1, 0.15) is 18.4 Å². The molecule has 2 aliphatic heterocycles. The van der Waals surface area contributed by atoms with E-state index in [0.29, 0.717) is 0 Å². The standard InChI is InChI=1S/C19H29N3O3.HI/c1-20-19(21-10-9-15-5-7-16(23-2)8-6-15)22-11-13-25-18(14-22)17-4-3-12-24-17;/h5-8,17-18H,3-4,9-14H2,1-2H3,(H,20,21);1H. The molecule has 2 saturated heterocycles. The van der Waals surface area contributed by atoms with E-state index in [1.807, 2.05) is 19.2 Å². The van der Waals surface area contributed by atoms with E-state index in [9.17, 15) is 0 Å². The van der Waals surface area contributed by atoms with Gasteiger partial charge in [0.2, 0.25) is 0 Å². The summed E-state index contributed by atoms with van der Waals surface area (Å²) in [7, 11) is 3.53. The molecule has 1 aromatic carbocycles. The van der Waals surface area contributed by atoms with E-state index in [1.165, 1.54) is 5.56 Å². The van der Waals surface area contributed by atoms with E-state index in [4.69, 9.17) is 14.2 Å². The van der Waals surface area contributed by atoms with Gasteiger partial charge in [0.05, 0.1) is 19.8 Å². The number of guanidine groups is 1. The van der Waals surface area contributed by atoms with Crippen LogP contribution in [0.25, 0.3) is 0 Å². The fourth-order valence-corrected chi connectivity index (χ4v) is 3.43. The number of hydrogen-bond acceptors (Lipinski definition) is 4. The average molecular weight is 475 g/mol. The van der Waals surface area contributed by atoms with Gasteiger partial charge in [-0.15, -0.1) is 24.0 Å². The minimum absolute atomic E-state index is 0. The number of rotatable bonds is 5. The number of hydrogen-bond donors (Lipinski definition) is 1. The maximum atomic E-state index is 5.92. The lowest BCUT2D eigenvalue weighted by Gasteiger charge is -2.37. The normalized spacial score (nSPS) is 23.5. The predicted octanol–water partition coefficient (Wildman–Crippen LogP) is 2.31. The molecular formula is C19H30IN3O3. The highest BCUT2D eigenvalue weighted by Crippen LogP contribution is 2.21. The van der Waals surface area contributed by atoms with Gasteiger partial charge in [0.1, 0.15) is 11.9 Å². The summed E-state index contributed by atoms with van der Waals surface area (Å²) >= 11 is 0. The van der Waals surface area contributed by atoms with Crippen LogP contribution in [0.3, 0.4) is 0 Å². The summed E-state index contributed by atoms with van der Waals surface area (Å²) < 4.78 is 16.9. The minimum atomic E-state index is 0. The lowest BCUT2D eigenvalue weighted by atomic mass is 10.1. The predicted molar refractivity (Wildman–Crippen MR) is 114 cm³/mol. The van der Waals surface area contributed by atoms with Crippen LogP contribution in [0, 0.1) is 0 Å². The van der Waals surface area contributed by atoms with Gasteiger partial charge in [0.25, 0.3) is 0 Å². The van der Waals surface area contributed by atoms with Crippen molar-refractivity contribution in [2.24, 2.45) is 4.99 Å². The van der Waals surface area contributed by atoms with E-state index in [0.717, 1.165) is 63.8 Å². The Morgan fingerprint density at radius 2 is 2.00 bits per heavy atom. The Bertz CT molecular complexity index is 562. The Morgan fingerprint density at radius 3 is 2.65 bits per heavy atom. The smallest absolute Gasteiger partial charge is 0.193 e. The molecule has 3 rings (SSSR count). The fraction of sp³-hybridized carbons (Fsp3) is 0.632. The van der Waals surface area contributed by atoms with Crippen LogP contribution in [0.15, 0.2) is 29.3 Å². The molecule has 0 aromatic heterocycles. The summed E-state index contributed by atoms with van der Waals surface area (Å²) in [4.78, 5) is 6.73. The summed E-state index contributed by atoms with van der Waals surface area (Å²) in [5.41, 5.74) is 1.28. The zero-order valence-electron chi connectivity index (χ0n) is 15.6. The molecular weight excluding hydrogens is 445 g/mol. The lowest BCUT2D eigenvalue weighted by Crippen LogP contribution is -2.53. The third kappa shape index (κ3) is 5.72. The third-order valence-corrected chi connectivity index (χ3v) is 4.84. The van der Waals surface area contributed by atoms with Crippen LogP contribution >= 0.6 is 24.0 Å². The van der Waals surface area contributed by atoms with Gasteiger partial charge in [0, 0.05) is 33.3 Å². The second kappa shape index (κ2) is 10.9. The van der Waals surface area contributed by atoms with Gasteiger partial charge in [-0.1, -0.05) is 12.1 Å². The first kappa shape index (κ1) is 21.2. The Morgan fingerprint density at radius 1 is 1.23 bits per heavy atom. The molecule has 0 spiro atoms. The zero-order valence-corrected chi connectivity index (χ0v) is 18.0. The SMILES string of the molecule is CN=C(NCCc1ccc(OC)cc1)N1CCOC(C2CCCO2)C1.I. The van der Waals surface area contributed by atoms with Crippen molar-refractivity contribution in [3.63, 3.8) is 0 Å². The molecule has 0 aliphatic carbocycles. The number of nitrogens with one attached hydrogen (secondary N) is 1. The number of halogens is 1. The highest BCUT2D eigenvalue weighted by molar-refractivity contribution is 14.0. The molecule has 2 unspecified atom stereocenters. The van der Waals surface area contributed by atoms with Crippen LogP contribution in [0.5, 0.6) is 5.75 Å². The second-order valence-electron chi connectivity index (χ2n) is 6.48. The molecule has 2 aliphatic rings. The van der Waals surface area contributed by atoms with Crippen molar-refractivity contribution in [2.75, 3.05) is 47.0 Å². The molecule has 146 valence electrons. The Kier molecular flexibility index (Phi) is 8.94. The average Bonchev–Trinajstić information content (AvgIpc) is 3.21.